The molecule has 1 amide bonds. The van der Waals surface area contributed by atoms with E-state index in [2.05, 4.69) is 29.3 Å². The standard InChI is InChI=1S/C31H31N3O4/c1-3-37-21-25-16-10-11-17-26(25)28(24-14-8-5-9-15-24)34-22-32(2)31(36)29-30(27(35)18-19-33(29)34)38-20-23-12-6-4-7-13-23/h4-19,28H,3,20-22H2,1-2H3. The molecule has 1 atom stereocenters. The lowest BCUT2D eigenvalue weighted by atomic mass is 9.94. The SMILES string of the molecule is CCOCc1ccccc1C(c1ccccc1)N1CN(C)C(=O)c2c(OCc3ccccc3)c(=O)ccn21. The van der Waals surface area contributed by atoms with Crippen LogP contribution < -0.4 is 15.2 Å². The van der Waals surface area contributed by atoms with Crippen LogP contribution in [-0.4, -0.2) is 35.8 Å². The summed E-state index contributed by atoms with van der Waals surface area (Å²) in [5.41, 5.74) is 3.97. The molecule has 38 heavy (non-hydrogen) atoms. The molecule has 3 aromatic carbocycles. The average Bonchev–Trinajstić information content (AvgIpc) is 2.95. The number of carbonyl (C=O) groups is 1. The zero-order valence-corrected chi connectivity index (χ0v) is 21.6. The third kappa shape index (κ3) is 5.06. The number of nitrogens with zero attached hydrogens (tertiary/aromatic N) is 3. The summed E-state index contributed by atoms with van der Waals surface area (Å²) in [7, 11) is 1.74. The second-order valence-corrected chi connectivity index (χ2v) is 9.21. The third-order valence-electron chi connectivity index (χ3n) is 6.67. The number of hydrogen-bond acceptors (Lipinski definition) is 5. The average molecular weight is 510 g/mol. The van der Waals surface area contributed by atoms with Crippen LogP contribution in [-0.2, 0) is 18.0 Å². The second kappa shape index (κ2) is 11.4. The van der Waals surface area contributed by atoms with E-state index in [4.69, 9.17) is 9.47 Å². The first kappa shape index (κ1) is 25.3. The second-order valence-electron chi connectivity index (χ2n) is 9.21. The van der Waals surface area contributed by atoms with Crippen LogP contribution in [0.5, 0.6) is 5.75 Å². The van der Waals surface area contributed by atoms with Gasteiger partial charge in [-0.1, -0.05) is 84.9 Å². The molecule has 1 aromatic heterocycles. The molecule has 0 N–H and O–H groups in total. The molecule has 0 saturated heterocycles. The van der Waals surface area contributed by atoms with Gasteiger partial charge in [0.25, 0.3) is 5.91 Å². The molecule has 7 nitrogen and oxygen atoms in total. The van der Waals surface area contributed by atoms with Crippen molar-refractivity contribution < 1.29 is 14.3 Å². The molecule has 0 fully saturated rings. The summed E-state index contributed by atoms with van der Waals surface area (Å²) in [6.07, 6.45) is 1.67. The first-order valence-electron chi connectivity index (χ1n) is 12.7. The van der Waals surface area contributed by atoms with Crippen molar-refractivity contribution in [1.29, 1.82) is 0 Å². The lowest BCUT2D eigenvalue weighted by Gasteiger charge is -2.43. The molecule has 0 aliphatic carbocycles. The number of ether oxygens (including phenoxy) is 2. The van der Waals surface area contributed by atoms with E-state index < -0.39 is 0 Å². The summed E-state index contributed by atoms with van der Waals surface area (Å²) >= 11 is 0. The van der Waals surface area contributed by atoms with Gasteiger partial charge in [0.2, 0.25) is 5.43 Å². The summed E-state index contributed by atoms with van der Waals surface area (Å²) in [6, 6.07) is 29.1. The maximum Gasteiger partial charge on any atom is 0.277 e. The van der Waals surface area contributed by atoms with E-state index in [1.807, 2.05) is 67.6 Å². The number of pyridine rings is 1. The summed E-state index contributed by atoms with van der Waals surface area (Å²) in [6.45, 7) is 3.56. The van der Waals surface area contributed by atoms with Crippen molar-refractivity contribution in [2.45, 2.75) is 26.2 Å². The van der Waals surface area contributed by atoms with Crippen molar-refractivity contribution in [1.82, 2.24) is 9.58 Å². The molecule has 0 bridgehead atoms. The van der Waals surface area contributed by atoms with Crippen molar-refractivity contribution in [2.75, 3.05) is 25.3 Å². The van der Waals surface area contributed by atoms with Crippen LogP contribution in [0.3, 0.4) is 0 Å². The largest absolute Gasteiger partial charge is 0.482 e. The minimum Gasteiger partial charge on any atom is -0.482 e. The maximum atomic E-state index is 13.5. The highest BCUT2D eigenvalue weighted by atomic mass is 16.5. The van der Waals surface area contributed by atoms with Gasteiger partial charge in [0, 0.05) is 25.9 Å². The van der Waals surface area contributed by atoms with Gasteiger partial charge in [0.05, 0.1) is 12.6 Å². The third-order valence-corrected chi connectivity index (χ3v) is 6.67. The van der Waals surface area contributed by atoms with Gasteiger partial charge in [-0.15, -0.1) is 0 Å². The monoisotopic (exact) mass is 509 g/mol. The molecule has 0 saturated carbocycles. The quantitative estimate of drug-likeness (QED) is 0.326. The van der Waals surface area contributed by atoms with Gasteiger partial charge in [0.1, 0.15) is 13.3 Å². The lowest BCUT2D eigenvalue weighted by Crippen LogP contribution is -2.54. The first-order chi connectivity index (χ1) is 18.6. The fraction of sp³-hybridized carbons (Fsp3) is 0.226. The van der Waals surface area contributed by atoms with Crippen molar-refractivity contribution >= 4 is 5.91 Å². The predicted molar refractivity (Wildman–Crippen MR) is 147 cm³/mol. The van der Waals surface area contributed by atoms with Crippen molar-refractivity contribution in [3.8, 4) is 5.75 Å². The topological polar surface area (TPSA) is 64.0 Å². The molecule has 1 unspecified atom stereocenters. The minimum atomic E-state index is -0.330. The van der Waals surface area contributed by atoms with Crippen LogP contribution >= 0.6 is 0 Å². The summed E-state index contributed by atoms with van der Waals surface area (Å²) in [5, 5.41) is 2.09. The Morgan fingerprint density at radius 1 is 0.842 bits per heavy atom. The van der Waals surface area contributed by atoms with E-state index in [0.717, 1.165) is 22.3 Å². The Morgan fingerprint density at radius 3 is 2.26 bits per heavy atom. The van der Waals surface area contributed by atoms with Gasteiger partial charge in [0.15, 0.2) is 11.4 Å². The number of hydrogen-bond donors (Lipinski definition) is 0. The Balaban J connectivity index is 1.64. The van der Waals surface area contributed by atoms with Crippen LogP contribution in [0.2, 0.25) is 0 Å². The van der Waals surface area contributed by atoms with Crippen molar-refractivity contribution in [3.63, 3.8) is 0 Å². The number of benzene rings is 3. The van der Waals surface area contributed by atoms with Gasteiger partial charge in [-0.25, -0.2) is 0 Å². The van der Waals surface area contributed by atoms with Crippen LogP contribution in [0.1, 0.15) is 45.7 Å². The molecule has 1 aliphatic heterocycles. The number of rotatable bonds is 9. The molecule has 194 valence electrons. The fourth-order valence-electron chi connectivity index (χ4n) is 4.82. The van der Waals surface area contributed by atoms with Gasteiger partial charge in [-0.05, 0) is 29.2 Å². The summed E-state index contributed by atoms with van der Waals surface area (Å²) in [5.74, 6) is -0.219. The van der Waals surface area contributed by atoms with Gasteiger partial charge < -0.3 is 14.4 Å². The smallest absolute Gasteiger partial charge is 0.277 e. The highest BCUT2D eigenvalue weighted by molar-refractivity contribution is 5.96. The van der Waals surface area contributed by atoms with E-state index in [1.165, 1.54) is 6.07 Å². The number of fused-ring (bicyclic) bond motifs is 1. The first-order valence-corrected chi connectivity index (χ1v) is 12.7. The minimum absolute atomic E-state index is 0.0484. The zero-order valence-electron chi connectivity index (χ0n) is 21.6. The Hall–Kier alpha value is -4.36. The number of carbonyl (C=O) groups excluding carboxylic acids is 1. The fourth-order valence-corrected chi connectivity index (χ4v) is 4.82. The zero-order chi connectivity index (χ0) is 26.5. The molecule has 0 spiro atoms. The van der Waals surface area contributed by atoms with Gasteiger partial charge >= 0.3 is 0 Å². The predicted octanol–water partition coefficient (Wildman–Crippen LogP) is 4.73. The molecule has 0 radical (unpaired) electrons. The van der Waals surface area contributed by atoms with Crippen LogP contribution in [0, 0.1) is 0 Å². The van der Waals surface area contributed by atoms with Gasteiger partial charge in [-0.3, -0.25) is 19.3 Å². The molecule has 7 heteroatoms. The summed E-state index contributed by atoms with van der Waals surface area (Å²) in [4.78, 5) is 28.1. The van der Waals surface area contributed by atoms with Gasteiger partial charge in [-0.2, -0.15) is 0 Å². The van der Waals surface area contributed by atoms with Crippen molar-refractivity contribution in [2.24, 2.45) is 0 Å². The van der Waals surface area contributed by atoms with Crippen LogP contribution in [0.25, 0.3) is 0 Å². The highest BCUT2D eigenvalue weighted by Crippen LogP contribution is 2.34. The Morgan fingerprint density at radius 2 is 1.53 bits per heavy atom. The Labute approximate surface area is 222 Å². The van der Waals surface area contributed by atoms with E-state index in [0.29, 0.717) is 19.9 Å². The molecule has 5 rings (SSSR count). The van der Waals surface area contributed by atoms with Crippen LogP contribution in [0.4, 0.5) is 0 Å². The molecule has 4 aromatic rings. The highest BCUT2D eigenvalue weighted by Gasteiger charge is 2.36. The van der Waals surface area contributed by atoms with E-state index in [9.17, 15) is 9.59 Å². The Bertz CT molecular complexity index is 1450. The van der Waals surface area contributed by atoms with Crippen LogP contribution in [0.15, 0.2) is 102 Å². The lowest BCUT2D eigenvalue weighted by molar-refractivity contribution is 0.0723. The van der Waals surface area contributed by atoms with E-state index in [1.54, 1.807) is 22.8 Å². The van der Waals surface area contributed by atoms with Crippen molar-refractivity contribution in [3.05, 3.63) is 135 Å². The number of amides is 1. The molecule has 1 aliphatic rings. The Kier molecular flexibility index (Phi) is 7.56. The number of aromatic nitrogens is 1. The molecular weight excluding hydrogens is 478 g/mol. The van der Waals surface area contributed by atoms with E-state index >= 15 is 0 Å². The maximum absolute atomic E-state index is 13.5. The molecular formula is C31H31N3O4. The molecule has 2 heterocycles. The summed E-state index contributed by atoms with van der Waals surface area (Å²) < 4.78 is 13.6. The normalized spacial score (nSPS) is 13.8. The van der Waals surface area contributed by atoms with E-state index in [-0.39, 0.29) is 35.4 Å².